The monoisotopic (exact) mass is 579 g/mol. The molecule has 5 rings (SSSR count). The fourth-order valence-electron chi connectivity index (χ4n) is 4.99. The Bertz CT molecular complexity index is 1440. The predicted molar refractivity (Wildman–Crippen MR) is 146 cm³/mol. The Kier molecular flexibility index (Phi) is 8.42. The van der Waals surface area contributed by atoms with Crippen LogP contribution in [0.3, 0.4) is 0 Å². The average molecular weight is 580 g/mol. The van der Waals surface area contributed by atoms with Gasteiger partial charge in [0.2, 0.25) is 5.43 Å². The van der Waals surface area contributed by atoms with E-state index in [4.69, 9.17) is 27.9 Å². The Balaban J connectivity index is 1.13. The van der Waals surface area contributed by atoms with Gasteiger partial charge in [0.25, 0.3) is 5.91 Å². The Morgan fingerprint density at radius 1 is 1.03 bits per heavy atom. The fraction of sp³-hybridized carbons (Fsp3) is 0.429. The SMILES string of the molecule is O=C(NC1CCC(NC[C@@H](O)COc2ccc(Cl)c(F)c2)CC1)c1cn(C2CC2)c2cc(Cl)c(F)cc2c1=O. The van der Waals surface area contributed by atoms with Crippen LogP contribution in [0.2, 0.25) is 10.0 Å². The number of halogens is 4. The molecule has 0 saturated heterocycles. The Labute approximate surface area is 234 Å². The zero-order chi connectivity index (χ0) is 27.7. The van der Waals surface area contributed by atoms with Gasteiger partial charge in [0.1, 0.15) is 35.7 Å². The van der Waals surface area contributed by atoms with Crippen molar-refractivity contribution < 1.29 is 23.4 Å². The van der Waals surface area contributed by atoms with Crippen LogP contribution in [-0.4, -0.2) is 46.9 Å². The van der Waals surface area contributed by atoms with Crippen LogP contribution in [0.25, 0.3) is 10.9 Å². The standard InChI is InChI=1S/C28H29Cl2F2N3O4/c29-22-8-7-19(9-24(22)31)39-14-18(36)12-33-15-1-3-16(4-2-15)34-28(38)21-13-35(17-5-6-17)26-11-23(30)25(32)10-20(26)27(21)37/h7-11,13,15-18,33,36H,1-6,12,14H2,(H,34,38)/t15?,16?,18-/m1/s1. The van der Waals surface area contributed by atoms with Gasteiger partial charge in [0, 0.05) is 42.3 Å². The molecule has 3 N–H and O–H groups in total. The van der Waals surface area contributed by atoms with E-state index in [0.717, 1.165) is 31.7 Å². The number of hydrogen-bond donors (Lipinski definition) is 3. The van der Waals surface area contributed by atoms with E-state index in [1.807, 2.05) is 4.57 Å². The minimum absolute atomic E-state index is 0.0000573. The van der Waals surface area contributed by atoms with Gasteiger partial charge in [-0.25, -0.2) is 8.78 Å². The number of benzene rings is 2. The van der Waals surface area contributed by atoms with Gasteiger partial charge in [-0.2, -0.15) is 0 Å². The highest BCUT2D eigenvalue weighted by atomic mass is 35.5. The van der Waals surface area contributed by atoms with E-state index in [1.54, 1.807) is 6.20 Å². The summed E-state index contributed by atoms with van der Waals surface area (Å²) in [5, 5.41) is 16.6. The van der Waals surface area contributed by atoms with E-state index in [2.05, 4.69) is 10.6 Å². The van der Waals surface area contributed by atoms with Crippen molar-refractivity contribution in [1.82, 2.24) is 15.2 Å². The molecule has 3 aromatic rings. The Morgan fingerprint density at radius 2 is 1.72 bits per heavy atom. The quantitative estimate of drug-likeness (QED) is 0.332. The number of pyridine rings is 1. The smallest absolute Gasteiger partial charge is 0.256 e. The molecule has 39 heavy (non-hydrogen) atoms. The van der Waals surface area contributed by atoms with E-state index >= 15 is 0 Å². The first-order valence-electron chi connectivity index (χ1n) is 13.0. The van der Waals surface area contributed by atoms with Gasteiger partial charge in [-0.15, -0.1) is 0 Å². The summed E-state index contributed by atoms with van der Waals surface area (Å²) < 4.78 is 35.0. The molecule has 1 heterocycles. The van der Waals surface area contributed by atoms with E-state index in [-0.39, 0.29) is 51.5 Å². The molecule has 1 atom stereocenters. The van der Waals surface area contributed by atoms with E-state index in [1.165, 1.54) is 24.3 Å². The highest BCUT2D eigenvalue weighted by molar-refractivity contribution is 6.31. The molecular formula is C28H29Cl2F2N3O4. The first-order chi connectivity index (χ1) is 18.7. The summed E-state index contributed by atoms with van der Waals surface area (Å²) >= 11 is 11.6. The maximum atomic E-state index is 14.2. The minimum atomic E-state index is -0.789. The summed E-state index contributed by atoms with van der Waals surface area (Å²) in [5.41, 5.74) is 0.0212. The molecule has 2 aliphatic carbocycles. The second kappa shape index (κ2) is 11.8. The Morgan fingerprint density at radius 3 is 2.41 bits per heavy atom. The molecule has 11 heteroatoms. The number of carbonyl (C=O) groups is 1. The van der Waals surface area contributed by atoms with Gasteiger partial charge in [-0.3, -0.25) is 9.59 Å². The number of fused-ring (bicyclic) bond motifs is 1. The highest BCUT2D eigenvalue weighted by Gasteiger charge is 2.29. The normalized spacial score (nSPS) is 20.1. The molecule has 0 bridgehead atoms. The summed E-state index contributed by atoms with van der Waals surface area (Å²) in [4.78, 5) is 26.2. The molecule has 1 amide bonds. The number of aliphatic hydroxyl groups excluding tert-OH is 1. The van der Waals surface area contributed by atoms with Gasteiger partial charge < -0.3 is 25.0 Å². The maximum absolute atomic E-state index is 14.2. The van der Waals surface area contributed by atoms with Crippen molar-refractivity contribution in [3.8, 4) is 5.75 Å². The topological polar surface area (TPSA) is 92.6 Å². The van der Waals surface area contributed by atoms with E-state index < -0.39 is 29.1 Å². The lowest BCUT2D eigenvalue weighted by Gasteiger charge is -2.30. The van der Waals surface area contributed by atoms with E-state index in [9.17, 15) is 23.5 Å². The van der Waals surface area contributed by atoms with Crippen LogP contribution in [0.15, 0.2) is 41.3 Å². The number of rotatable bonds is 9. The van der Waals surface area contributed by atoms with Crippen LogP contribution in [-0.2, 0) is 0 Å². The number of nitrogens with zero attached hydrogens (tertiary/aromatic N) is 1. The molecule has 0 radical (unpaired) electrons. The summed E-state index contributed by atoms with van der Waals surface area (Å²) in [6.45, 7) is 0.301. The number of carbonyl (C=O) groups excluding carboxylic acids is 1. The van der Waals surface area contributed by atoms with Crippen molar-refractivity contribution in [2.24, 2.45) is 0 Å². The second-order valence-electron chi connectivity index (χ2n) is 10.3. The van der Waals surface area contributed by atoms with Crippen molar-refractivity contribution in [2.75, 3.05) is 13.2 Å². The van der Waals surface area contributed by atoms with Crippen molar-refractivity contribution in [3.05, 3.63) is 74.0 Å². The summed E-state index contributed by atoms with van der Waals surface area (Å²) in [5.74, 6) is -1.45. The fourth-order valence-corrected chi connectivity index (χ4v) is 5.26. The summed E-state index contributed by atoms with van der Waals surface area (Å²) in [7, 11) is 0. The van der Waals surface area contributed by atoms with Crippen LogP contribution < -0.4 is 20.8 Å². The number of aliphatic hydroxyl groups is 1. The summed E-state index contributed by atoms with van der Waals surface area (Å²) in [6, 6.07) is 6.88. The first kappa shape index (κ1) is 27.8. The molecule has 2 aliphatic rings. The lowest BCUT2D eigenvalue weighted by molar-refractivity contribution is 0.0913. The van der Waals surface area contributed by atoms with Gasteiger partial charge in [-0.05, 0) is 62.8 Å². The second-order valence-corrected chi connectivity index (χ2v) is 11.1. The largest absolute Gasteiger partial charge is 0.491 e. The van der Waals surface area contributed by atoms with Crippen molar-refractivity contribution in [2.45, 2.75) is 62.8 Å². The number of ether oxygens (including phenoxy) is 1. The predicted octanol–water partition coefficient (Wildman–Crippen LogP) is 4.99. The molecule has 0 unspecified atom stereocenters. The van der Waals surface area contributed by atoms with E-state index in [0.29, 0.717) is 24.9 Å². The molecule has 0 spiro atoms. The number of amides is 1. The molecule has 1 aromatic heterocycles. The van der Waals surface area contributed by atoms with Crippen LogP contribution in [0.5, 0.6) is 5.75 Å². The van der Waals surface area contributed by atoms with Crippen molar-refractivity contribution in [3.63, 3.8) is 0 Å². The third kappa shape index (κ3) is 6.54. The zero-order valence-electron chi connectivity index (χ0n) is 21.1. The van der Waals surface area contributed by atoms with Crippen LogP contribution in [0, 0.1) is 11.6 Å². The molecule has 208 valence electrons. The van der Waals surface area contributed by atoms with Crippen molar-refractivity contribution >= 4 is 40.0 Å². The molecular weight excluding hydrogens is 551 g/mol. The minimum Gasteiger partial charge on any atom is -0.491 e. The third-order valence-electron chi connectivity index (χ3n) is 7.30. The number of hydrogen-bond acceptors (Lipinski definition) is 5. The number of aromatic nitrogens is 1. The number of nitrogens with one attached hydrogen (secondary N) is 2. The Hall–Kier alpha value is -2.72. The molecule has 7 nitrogen and oxygen atoms in total. The van der Waals surface area contributed by atoms with Crippen LogP contribution in [0.1, 0.15) is 54.9 Å². The molecule has 2 saturated carbocycles. The molecule has 2 fully saturated rings. The summed E-state index contributed by atoms with van der Waals surface area (Å²) in [6.07, 6.45) is 5.58. The third-order valence-corrected chi connectivity index (χ3v) is 7.89. The average Bonchev–Trinajstić information content (AvgIpc) is 3.76. The molecule has 2 aromatic carbocycles. The van der Waals surface area contributed by atoms with Gasteiger partial charge in [0.05, 0.1) is 15.6 Å². The van der Waals surface area contributed by atoms with Crippen molar-refractivity contribution in [1.29, 1.82) is 0 Å². The zero-order valence-corrected chi connectivity index (χ0v) is 22.6. The van der Waals surface area contributed by atoms with Gasteiger partial charge >= 0.3 is 0 Å². The van der Waals surface area contributed by atoms with Crippen LogP contribution >= 0.6 is 23.2 Å². The highest BCUT2D eigenvalue weighted by Crippen LogP contribution is 2.37. The van der Waals surface area contributed by atoms with Crippen LogP contribution in [0.4, 0.5) is 8.78 Å². The first-order valence-corrected chi connectivity index (χ1v) is 13.8. The molecule has 0 aliphatic heterocycles. The lowest BCUT2D eigenvalue weighted by Crippen LogP contribution is -2.45. The van der Waals surface area contributed by atoms with Gasteiger partial charge in [0.15, 0.2) is 0 Å². The van der Waals surface area contributed by atoms with Gasteiger partial charge in [-0.1, -0.05) is 23.2 Å². The lowest BCUT2D eigenvalue weighted by atomic mass is 9.91. The maximum Gasteiger partial charge on any atom is 0.256 e.